The van der Waals surface area contributed by atoms with Gasteiger partial charge in [-0.3, -0.25) is 10.2 Å². The van der Waals surface area contributed by atoms with Crippen LogP contribution < -0.4 is 16.0 Å². The first kappa shape index (κ1) is 12.8. The van der Waals surface area contributed by atoms with Crippen LogP contribution in [0.25, 0.3) is 11.0 Å². The molecule has 1 amide bonds. The molecule has 0 unspecified atom stereocenters. The fourth-order valence-electron chi connectivity index (χ4n) is 1.29. The molecule has 18 heavy (non-hydrogen) atoms. The Morgan fingerprint density at radius 2 is 2.17 bits per heavy atom. The number of carbonyl (C=O) groups excluding carboxylic acids is 1. The van der Waals surface area contributed by atoms with Crippen molar-refractivity contribution in [3.05, 3.63) is 18.2 Å². The van der Waals surface area contributed by atoms with Crippen molar-refractivity contribution in [2.45, 2.75) is 4.90 Å². The van der Waals surface area contributed by atoms with Gasteiger partial charge >= 0.3 is 0 Å². The summed E-state index contributed by atoms with van der Waals surface area (Å²) in [5.41, 5.74) is 2.60. The summed E-state index contributed by atoms with van der Waals surface area (Å²) < 4.78 is 33.9. The highest BCUT2D eigenvalue weighted by Crippen LogP contribution is 2.20. The first-order valence-corrected chi connectivity index (χ1v) is 6.96. The van der Waals surface area contributed by atoms with Crippen LogP contribution >= 0.6 is 11.7 Å². The lowest BCUT2D eigenvalue weighted by atomic mass is 10.3. The van der Waals surface area contributed by atoms with Gasteiger partial charge in [0, 0.05) is 0 Å². The number of hydrogen-bond donors (Lipinski definition) is 3. The first-order valence-electron chi connectivity index (χ1n) is 4.75. The zero-order valence-corrected chi connectivity index (χ0v) is 10.6. The molecule has 0 saturated heterocycles. The number of hydrazine groups is 1. The van der Waals surface area contributed by atoms with Crippen LogP contribution in [0.2, 0.25) is 0 Å². The molecule has 96 valence electrons. The maximum absolute atomic E-state index is 12.0. The minimum absolute atomic E-state index is 0.0152. The number of nitrogens with two attached hydrogens (primary N) is 1. The Hall–Kier alpha value is -1.62. The van der Waals surface area contributed by atoms with E-state index in [-0.39, 0.29) is 10.4 Å². The Bertz CT molecular complexity index is 681. The Morgan fingerprint density at radius 3 is 2.89 bits per heavy atom. The minimum atomic E-state index is -3.82. The Balaban J connectivity index is 2.35. The number of carbonyl (C=O) groups is 1. The fraction of sp³-hybridized carbons (Fsp3) is 0.125. The van der Waals surface area contributed by atoms with Gasteiger partial charge in [0.2, 0.25) is 15.9 Å². The molecular weight excluding hydrogens is 278 g/mol. The van der Waals surface area contributed by atoms with E-state index in [1.807, 2.05) is 5.43 Å². The highest BCUT2D eigenvalue weighted by molar-refractivity contribution is 7.89. The van der Waals surface area contributed by atoms with E-state index in [4.69, 9.17) is 5.84 Å². The molecule has 1 aromatic carbocycles. The van der Waals surface area contributed by atoms with E-state index >= 15 is 0 Å². The molecular formula is C8H9N5O3S2. The molecule has 1 heterocycles. The number of hydrogen-bond acceptors (Lipinski definition) is 7. The molecule has 0 radical (unpaired) electrons. The Labute approximate surface area is 107 Å². The van der Waals surface area contributed by atoms with Gasteiger partial charge in [-0.15, -0.1) is 0 Å². The maximum atomic E-state index is 12.0. The van der Waals surface area contributed by atoms with Gasteiger partial charge in [0.25, 0.3) is 0 Å². The van der Waals surface area contributed by atoms with Crippen molar-refractivity contribution < 1.29 is 13.2 Å². The number of fused-ring (bicyclic) bond motifs is 1. The quantitative estimate of drug-likeness (QED) is 0.374. The van der Waals surface area contributed by atoms with Gasteiger partial charge in [-0.2, -0.15) is 8.75 Å². The van der Waals surface area contributed by atoms with Gasteiger partial charge in [0.15, 0.2) is 0 Å². The van der Waals surface area contributed by atoms with E-state index in [9.17, 15) is 13.2 Å². The van der Waals surface area contributed by atoms with Crippen LogP contribution in [0, 0.1) is 0 Å². The van der Waals surface area contributed by atoms with E-state index in [1.54, 1.807) is 12.1 Å². The van der Waals surface area contributed by atoms with Crippen LogP contribution in [0.15, 0.2) is 23.1 Å². The highest BCUT2D eigenvalue weighted by atomic mass is 32.2. The predicted octanol–water partition coefficient (Wildman–Crippen LogP) is -1.04. The van der Waals surface area contributed by atoms with Crippen LogP contribution in [0.4, 0.5) is 0 Å². The summed E-state index contributed by atoms with van der Waals surface area (Å²) in [5.74, 6) is 4.22. The second kappa shape index (κ2) is 4.94. The molecule has 4 N–H and O–H groups in total. The first-order chi connectivity index (χ1) is 8.54. The third-order valence-corrected chi connectivity index (χ3v) is 4.10. The molecule has 0 atom stereocenters. The van der Waals surface area contributed by atoms with Gasteiger partial charge in [0.05, 0.1) is 18.3 Å². The van der Waals surface area contributed by atoms with E-state index in [0.717, 1.165) is 11.7 Å². The topological polar surface area (TPSA) is 127 Å². The summed E-state index contributed by atoms with van der Waals surface area (Å²) in [4.78, 5) is 10.9. The SMILES string of the molecule is NNC(=O)CNS(=O)(=O)c1cccc2nsnc12. The second-order valence-corrected chi connectivity index (χ2v) is 5.54. The largest absolute Gasteiger partial charge is 0.293 e. The van der Waals surface area contributed by atoms with Crippen molar-refractivity contribution in [2.75, 3.05) is 6.54 Å². The van der Waals surface area contributed by atoms with E-state index < -0.39 is 22.5 Å². The van der Waals surface area contributed by atoms with Gasteiger partial charge in [0.1, 0.15) is 15.9 Å². The molecule has 0 aliphatic carbocycles. The molecule has 0 bridgehead atoms. The van der Waals surface area contributed by atoms with Crippen molar-refractivity contribution in [1.82, 2.24) is 18.9 Å². The number of nitrogens with one attached hydrogen (secondary N) is 2. The monoisotopic (exact) mass is 287 g/mol. The average molecular weight is 287 g/mol. The van der Waals surface area contributed by atoms with E-state index in [1.165, 1.54) is 6.07 Å². The standard InChI is InChI=1S/C8H9N5O3S2/c9-11-7(14)4-10-18(15,16)6-3-1-2-5-8(6)13-17-12-5/h1-3,10H,4,9H2,(H,11,14). The van der Waals surface area contributed by atoms with Gasteiger partial charge in [-0.25, -0.2) is 19.0 Å². The number of nitrogens with zero attached hydrogens (tertiary/aromatic N) is 2. The molecule has 8 nitrogen and oxygen atoms in total. The molecule has 2 aromatic rings. The number of rotatable bonds is 4. The lowest BCUT2D eigenvalue weighted by Gasteiger charge is -2.05. The minimum Gasteiger partial charge on any atom is -0.293 e. The molecule has 0 saturated carbocycles. The Kier molecular flexibility index (Phi) is 3.52. The van der Waals surface area contributed by atoms with Crippen molar-refractivity contribution in [3.8, 4) is 0 Å². The Morgan fingerprint density at radius 1 is 1.39 bits per heavy atom. The lowest BCUT2D eigenvalue weighted by Crippen LogP contribution is -2.40. The maximum Gasteiger partial charge on any atom is 0.248 e. The third kappa shape index (κ3) is 2.46. The normalized spacial score (nSPS) is 11.6. The van der Waals surface area contributed by atoms with Crippen molar-refractivity contribution >= 4 is 38.7 Å². The molecule has 0 aliphatic heterocycles. The summed E-state index contributed by atoms with van der Waals surface area (Å²) in [5, 5.41) is 0. The van der Waals surface area contributed by atoms with Crippen LogP contribution in [-0.2, 0) is 14.8 Å². The van der Waals surface area contributed by atoms with Crippen LogP contribution in [0.3, 0.4) is 0 Å². The zero-order valence-electron chi connectivity index (χ0n) is 8.95. The third-order valence-electron chi connectivity index (χ3n) is 2.12. The summed E-state index contributed by atoms with van der Waals surface area (Å²) in [6, 6.07) is 4.61. The summed E-state index contributed by atoms with van der Waals surface area (Å²) in [6.45, 7) is -0.438. The smallest absolute Gasteiger partial charge is 0.248 e. The van der Waals surface area contributed by atoms with E-state index in [2.05, 4.69) is 13.5 Å². The lowest BCUT2D eigenvalue weighted by molar-refractivity contribution is -0.120. The van der Waals surface area contributed by atoms with Crippen LogP contribution in [0.1, 0.15) is 0 Å². The zero-order chi connectivity index (χ0) is 13.2. The molecule has 0 fully saturated rings. The summed E-state index contributed by atoms with van der Waals surface area (Å²) in [6.07, 6.45) is 0. The number of amides is 1. The van der Waals surface area contributed by atoms with Gasteiger partial charge in [-0.05, 0) is 12.1 Å². The summed E-state index contributed by atoms with van der Waals surface area (Å²) in [7, 11) is -3.82. The fourth-order valence-corrected chi connectivity index (χ4v) is 3.03. The van der Waals surface area contributed by atoms with Crippen molar-refractivity contribution in [2.24, 2.45) is 5.84 Å². The molecule has 2 rings (SSSR count). The predicted molar refractivity (Wildman–Crippen MR) is 64.9 cm³/mol. The van der Waals surface area contributed by atoms with Crippen molar-refractivity contribution in [3.63, 3.8) is 0 Å². The summed E-state index contributed by atoms with van der Waals surface area (Å²) >= 11 is 0.921. The van der Waals surface area contributed by atoms with Crippen molar-refractivity contribution in [1.29, 1.82) is 0 Å². The van der Waals surface area contributed by atoms with Crippen LogP contribution in [-0.4, -0.2) is 29.6 Å². The second-order valence-electron chi connectivity index (χ2n) is 3.28. The van der Waals surface area contributed by atoms with E-state index in [0.29, 0.717) is 5.52 Å². The van der Waals surface area contributed by atoms with Crippen LogP contribution in [0.5, 0.6) is 0 Å². The molecule has 0 spiro atoms. The van der Waals surface area contributed by atoms with Gasteiger partial charge < -0.3 is 0 Å². The number of sulfonamides is 1. The highest BCUT2D eigenvalue weighted by Gasteiger charge is 2.19. The molecule has 10 heteroatoms. The molecule has 0 aliphatic rings. The number of benzene rings is 1. The molecule has 1 aromatic heterocycles. The number of aromatic nitrogens is 2. The van der Waals surface area contributed by atoms with Gasteiger partial charge in [-0.1, -0.05) is 6.07 Å². The average Bonchev–Trinajstić information content (AvgIpc) is 2.83.